The first-order chi connectivity index (χ1) is 34.5. The Bertz CT molecular complexity index is 2620. The Morgan fingerprint density at radius 3 is 2.12 bits per heavy atom. The summed E-state index contributed by atoms with van der Waals surface area (Å²) >= 11 is 0. The van der Waals surface area contributed by atoms with E-state index in [1.807, 2.05) is 27.7 Å². The van der Waals surface area contributed by atoms with Crippen LogP contribution >= 0.6 is 0 Å². The molecule has 1 aromatic carbocycles. The summed E-state index contributed by atoms with van der Waals surface area (Å²) in [6.07, 6.45) is 2.75. The van der Waals surface area contributed by atoms with E-state index in [1.165, 1.54) is 12.5 Å². The molecule has 4 aliphatic rings. The lowest BCUT2D eigenvalue weighted by Crippen LogP contribution is -2.62. The Labute approximate surface area is 421 Å². The molecule has 9 atom stereocenters. The molecular weight excluding hydrogens is 949 g/mol. The Balaban J connectivity index is 1.58. The molecule has 6 heterocycles. The van der Waals surface area contributed by atoms with Gasteiger partial charge in [0.1, 0.15) is 60.5 Å². The van der Waals surface area contributed by atoms with Crippen molar-refractivity contribution in [2.45, 2.75) is 141 Å². The van der Waals surface area contributed by atoms with Gasteiger partial charge in [-0.2, -0.15) is 0 Å². The number of carbonyl (C=O) groups is 9. The molecule has 0 spiro atoms. The van der Waals surface area contributed by atoms with Crippen molar-refractivity contribution in [3.8, 4) is 5.82 Å². The van der Waals surface area contributed by atoms with Crippen molar-refractivity contribution >= 4 is 70.1 Å². The Hall–Kier alpha value is -7.57. The number of fused-ring (bicyclic) bond motifs is 13. The van der Waals surface area contributed by atoms with Gasteiger partial charge in [0.05, 0.1) is 12.3 Å². The molecule has 2 aromatic heterocycles. The van der Waals surface area contributed by atoms with Gasteiger partial charge in [-0.15, -0.1) is 0 Å². The number of nitrogens with one attached hydrogen (secondary N) is 9. The number of H-pyrrole nitrogens is 1. The first kappa shape index (κ1) is 54.8. The van der Waals surface area contributed by atoms with Gasteiger partial charge in [-0.25, -0.2) is 9.78 Å². The van der Waals surface area contributed by atoms with Gasteiger partial charge >= 0.3 is 5.97 Å². The van der Waals surface area contributed by atoms with Crippen LogP contribution in [0.25, 0.3) is 16.7 Å². The van der Waals surface area contributed by atoms with E-state index >= 15 is 0 Å². The Morgan fingerprint density at radius 2 is 1.49 bits per heavy atom. The third kappa shape index (κ3) is 13.5. The standard InChI is InChI=1S/C48H68N14O11/c1-21(2)14-31-43(68)60-37(23(5)6)45(70)57-32-17-27-26-10-9-24(36(22(3)4)38(46(71)56-31)61-41(66)29-11-12-35(64)53-29)15-30(26)54-39(27)62-18-25(52-20-62)16-33(47(72)73)58-44(69)34(19-63)59-40(65)28(55-42(32)67)8-7-13-51-48(49)50/h9-10,15,18,20-23,28-29,31-34,36-38,54,63H,7-8,11-14,16-17,19H2,1-6H3,(H,53,64)(H,55,67)(H,56,71)(H,57,70)(H,58,69)(H,59,65)(H,60,68)(H,61,66)(H,72,73)(H4,49,50,51)/t28-,29-,31-,32-,33-,34-,36+,37-,38-/m0/s1. The molecule has 0 radical (unpaired) electrons. The molecule has 8 amide bonds. The van der Waals surface area contributed by atoms with E-state index in [1.54, 1.807) is 36.6 Å². The molecule has 0 saturated carbocycles. The number of hydrogen-bond acceptors (Lipinski definition) is 12. The number of aliphatic hydroxyl groups excluding tert-OH is 1. The minimum atomic E-state index is -1.67. The molecule has 3 aromatic rings. The van der Waals surface area contributed by atoms with Crippen LogP contribution in [0, 0.1) is 17.8 Å². The van der Waals surface area contributed by atoms with E-state index in [-0.39, 0.29) is 80.9 Å². The molecule has 1 fully saturated rings. The number of guanidine groups is 1. The fourth-order valence-electron chi connectivity index (χ4n) is 9.45. The first-order valence-electron chi connectivity index (χ1n) is 24.5. The van der Waals surface area contributed by atoms with Crippen molar-refractivity contribution < 1.29 is 53.4 Å². The van der Waals surface area contributed by atoms with Gasteiger partial charge in [-0.1, -0.05) is 53.7 Å². The predicted molar refractivity (Wildman–Crippen MR) is 264 cm³/mol. The summed E-state index contributed by atoms with van der Waals surface area (Å²) in [5, 5.41) is 42.5. The largest absolute Gasteiger partial charge is 0.480 e. The normalized spacial score (nSPS) is 25.6. The van der Waals surface area contributed by atoms with E-state index in [0.29, 0.717) is 27.8 Å². The second-order valence-corrected chi connectivity index (χ2v) is 20.0. The van der Waals surface area contributed by atoms with Gasteiger partial charge < -0.3 is 69.2 Å². The van der Waals surface area contributed by atoms with Crippen molar-refractivity contribution in [3.05, 3.63) is 47.5 Å². The SMILES string of the molecule is CC(C)C[C@@H]1NC(=O)[C@@H](NC(=O)[C@@H]2CCC(=O)N2)[C@H](C(C)C)c2ccc3c4c([nH]c3c2)-n2cnc(c2)C[C@@H](C(=O)O)NC(=O)[C@H](CO)NC(=O)[C@H](CCCN=C(N)N)NC(=O)[C@H](C4)NC(=O)[C@H](C(C)C)NC1=O. The average Bonchev–Trinajstić information content (AvgIpc) is 4.07. The zero-order valence-corrected chi connectivity index (χ0v) is 41.7. The highest BCUT2D eigenvalue weighted by atomic mass is 16.4. The summed E-state index contributed by atoms with van der Waals surface area (Å²) in [6, 6.07) is -5.60. The van der Waals surface area contributed by atoms with Gasteiger partial charge in [0.15, 0.2) is 5.96 Å². The smallest absolute Gasteiger partial charge is 0.326 e. The maximum atomic E-state index is 14.9. The summed E-state index contributed by atoms with van der Waals surface area (Å²) < 4.78 is 1.55. The number of benzene rings is 1. The van der Waals surface area contributed by atoms with Crippen molar-refractivity contribution in [2.75, 3.05) is 13.2 Å². The lowest BCUT2D eigenvalue weighted by atomic mass is 9.81. The number of nitrogens with zero attached hydrogens (tertiary/aromatic N) is 3. The van der Waals surface area contributed by atoms with Gasteiger partial charge in [0, 0.05) is 54.4 Å². The number of imidazole rings is 1. The van der Waals surface area contributed by atoms with Gasteiger partial charge in [-0.3, -0.25) is 47.9 Å². The number of rotatable bonds is 12. The predicted octanol–water partition coefficient (Wildman–Crippen LogP) is -2.29. The molecule has 7 bridgehead atoms. The van der Waals surface area contributed by atoms with E-state index < -0.39 is 114 Å². The van der Waals surface area contributed by atoms with Crippen LogP contribution in [0.2, 0.25) is 0 Å². The highest BCUT2D eigenvalue weighted by Gasteiger charge is 2.41. The van der Waals surface area contributed by atoms with Crippen molar-refractivity contribution in [1.29, 1.82) is 0 Å². The molecule has 73 heavy (non-hydrogen) atoms. The number of carboxylic acid groups (broad SMARTS) is 1. The number of aromatic amines is 1. The minimum Gasteiger partial charge on any atom is -0.480 e. The number of nitrogens with two attached hydrogens (primary N) is 2. The van der Waals surface area contributed by atoms with Crippen molar-refractivity contribution in [3.63, 3.8) is 0 Å². The maximum Gasteiger partial charge on any atom is 0.326 e. The number of aliphatic carboxylic acids is 1. The van der Waals surface area contributed by atoms with Crippen LogP contribution in [-0.2, 0) is 56.0 Å². The second kappa shape index (κ2) is 23.8. The van der Waals surface area contributed by atoms with E-state index in [9.17, 15) is 53.4 Å². The van der Waals surface area contributed by atoms with Gasteiger partial charge in [0.2, 0.25) is 47.3 Å². The van der Waals surface area contributed by atoms with Crippen LogP contribution in [0.4, 0.5) is 0 Å². The topological polar surface area (TPSA) is 388 Å². The number of aliphatic hydroxyl groups is 1. The number of amides is 8. The molecule has 7 rings (SSSR count). The van der Waals surface area contributed by atoms with Crippen LogP contribution in [0.1, 0.15) is 96.4 Å². The molecule has 0 unspecified atom stereocenters. The number of aromatic nitrogens is 3. The fourth-order valence-corrected chi connectivity index (χ4v) is 9.45. The third-order valence-electron chi connectivity index (χ3n) is 13.2. The van der Waals surface area contributed by atoms with Crippen molar-refractivity contribution in [2.24, 2.45) is 34.2 Å². The molecule has 15 N–H and O–H groups in total. The lowest BCUT2D eigenvalue weighted by Gasteiger charge is -2.33. The van der Waals surface area contributed by atoms with Gasteiger partial charge in [-0.05, 0) is 55.1 Å². The number of carbonyl (C=O) groups excluding carboxylic acids is 8. The van der Waals surface area contributed by atoms with Gasteiger partial charge in [0.25, 0.3) is 0 Å². The van der Waals surface area contributed by atoms with E-state index in [2.05, 4.69) is 57.5 Å². The quantitative estimate of drug-likeness (QED) is 0.0393. The summed E-state index contributed by atoms with van der Waals surface area (Å²) in [7, 11) is 0. The monoisotopic (exact) mass is 1020 g/mol. The molecule has 0 aliphatic carbocycles. The highest BCUT2D eigenvalue weighted by Crippen LogP contribution is 2.35. The Kier molecular flexibility index (Phi) is 17.8. The molecular formula is C48H68N14O11. The Morgan fingerprint density at radius 1 is 0.808 bits per heavy atom. The summed E-state index contributed by atoms with van der Waals surface area (Å²) in [5.41, 5.74) is 12.7. The number of aliphatic imine (C=N–C) groups is 1. The molecule has 25 nitrogen and oxygen atoms in total. The first-order valence-corrected chi connectivity index (χ1v) is 24.5. The zero-order valence-electron chi connectivity index (χ0n) is 41.7. The van der Waals surface area contributed by atoms with Crippen LogP contribution in [0.5, 0.6) is 0 Å². The maximum absolute atomic E-state index is 14.9. The zero-order chi connectivity index (χ0) is 53.4. The highest BCUT2D eigenvalue weighted by molar-refractivity contribution is 5.99. The number of hydrogen-bond donors (Lipinski definition) is 13. The van der Waals surface area contributed by atoms with Crippen LogP contribution in [-0.4, -0.2) is 145 Å². The third-order valence-corrected chi connectivity index (χ3v) is 13.2. The average molecular weight is 1020 g/mol. The lowest BCUT2D eigenvalue weighted by molar-refractivity contribution is -0.142. The van der Waals surface area contributed by atoms with Crippen molar-refractivity contribution in [1.82, 2.24) is 57.1 Å². The molecule has 1 saturated heterocycles. The molecule has 396 valence electrons. The molecule has 25 heteroatoms. The second-order valence-electron chi connectivity index (χ2n) is 20.0. The van der Waals surface area contributed by atoms with E-state index in [0.717, 1.165) is 0 Å². The summed E-state index contributed by atoms with van der Waals surface area (Å²) in [6.45, 7) is 9.87. The summed E-state index contributed by atoms with van der Waals surface area (Å²) in [4.78, 5) is 137. The van der Waals surface area contributed by atoms with Crippen LogP contribution in [0.3, 0.4) is 0 Å². The summed E-state index contributed by atoms with van der Waals surface area (Å²) in [5.74, 6) is -9.15. The number of carboxylic acids is 1. The van der Waals surface area contributed by atoms with E-state index in [4.69, 9.17) is 11.5 Å². The van der Waals surface area contributed by atoms with Crippen LogP contribution < -0.4 is 54.0 Å². The minimum absolute atomic E-state index is 0.0251. The van der Waals surface area contributed by atoms with Crippen LogP contribution in [0.15, 0.2) is 35.7 Å². The molecule has 4 aliphatic heterocycles. The fraction of sp³-hybridized carbons (Fsp3) is 0.562.